The molecule has 0 aliphatic rings. The molecule has 0 unspecified atom stereocenters. The molecule has 0 fully saturated rings. The van der Waals surface area contributed by atoms with E-state index in [1.165, 1.54) is 12.1 Å². The molecule has 0 spiro atoms. The van der Waals surface area contributed by atoms with Gasteiger partial charge in [0.05, 0.1) is 15.9 Å². The minimum Gasteiger partial charge on any atom is -0.508 e. The van der Waals surface area contributed by atoms with E-state index in [0.29, 0.717) is 16.9 Å². The fourth-order valence-electron chi connectivity index (χ4n) is 1.92. The number of rotatable bonds is 2. The van der Waals surface area contributed by atoms with E-state index in [2.05, 4.69) is 9.97 Å². The minimum absolute atomic E-state index is 0.0332. The van der Waals surface area contributed by atoms with Crippen LogP contribution in [-0.2, 0) is 10.0 Å². The van der Waals surface area contributed by atoms with Gasteiger partial charge in [-0.25, -0.2) is 18.5 Å². The predicted octanol–water partition coefficient (Wildman–Crippen LogP) is 1.58. The van der Waals surface area contributed by atoms with Crippen molar-refractivity contribution in [2.75, 3.05) is 0 Å². The Hall–Kier alpha value is -2.38. The first kappa shape index (κ1) is 12.6. The summed E-state index contributed by atoms with van der Waals surface area (Å²) in [4.78, 5) is 7.43. The van der Waals surface area contributed by atoms with Gasteiger partial charge in [0.15, 0.2) is 0 Å². The summed E-state index contributed by atoms with van der Waals surface area (Å²) in [7, 11) is -3.74. The van der Waals surface area contributed by atoms with E-state index >= 15 is 0 Å². The van der Waals surface area contributed by atoms with Crippen LogP contribution in [-0.4, -0.2) is 23.5 Å². The van der Waals surface area contributed by atoms with Crippen LogP contribution in [0.5, 0.6) is 5.75 Å². The summed E-state index contributed by atoms with van der Waals surface area (Å²) in [5.74, 6) is 0.757. The van der Waals surface area contributed by atoms with E-state index < -0.39 is 10.0 Å². The normalized spacial score (nSPS) is 11.8. The number of aromatic amines is 1. The summed E-state index contributed by atoms with van der Waals surface area (Å²) in [6, 6.07) is 11.0. The van der Waals surface area contributed by atoms with Crippen molar-refractivity contribution < 1.29 is 13.5 Å². The van der Waals surface area contributed by atoms with Gasteiger partial charge in [0, 0.05) is 5.56 Å². The Morgan fingerprint density at radius 2 is 1.80 bits per heavy atom. The molecule has 102 valence electrons. The van der Waals surface area contributed by atoms with Gasteiger partial charge < -0.3 is 10.1 Å². The summed E-state index contributed by atoms with van der Waals surface area (Å²) in [6.45, 7) is 0. The number of primary sulfonamides is 1. The third-order valence-electron chi connectivity index (χ3n) is 2.92. The Balaban J connectivity index is 2.13. The number of nitrogens with zero attached hydrogens (tertiary/aromatic N) is 1. The zero-order valence-corrected chi connectivity index (χ0v) is 11.1. The Kier molecular flexibility index (Phi) is 2.73. The number of nitrogens with one attached hydrogen (secondary N) is 1. The number of phenolic OH excluding ortho intramolecular Hbond substituents is 1. The quantitative estimate of drug-likeness (QED) is 0.665. The van der Waals surface area contributed by atoms with Crippen LogP contribution in [0, 0.1) is 0 Å². The molecule has 3 rings (SSSR count). The highest BCUT2D eigenvalue weighted by molar-refractivity contribution is 7.89. The summed E-state index contributed by atoms with van der Waals surface area (Å²) in [5, 5.41) is 14.4. The highest BCUT2D eigenvalue weighted by atomic mass is 32.2. The van der Waals surface area contributed by atoms with Gasteiger partial charge in [0.25, 0.3) is 0 Å². The number of phenols is 1. The molecule has 2 aromatic carbocycles. The number of hydrogen-bond donors (Lipinski definition) is 3. The van der Waals surface area contributed by atoms with E-state index in [0.717, 1.165) is 5.56 Å². The lowest BCUT2D eigenvalue weighted by molar-refractivity contribution is 0.475. The highest BCUT2D eigenvalue weighted by Gasteiger charge is 2.11. The second kappa shape index (κ2) is 4.32. The lowest BCUT2D eigenvalue weighted by Gasteiger charge is -1.96. The van der Waals surface area contributed by atoms with Gasteiger partial charge in [-0.15, -0.1) is 0 Å². The summed E-state index contributed by atoms with van der Waals surface area (Å²) >= 11 is 0. The number of hydrogen-bond acceptors (Lipinski definition) is 4. The molecule has 1 heterocycles. The number of fused-ring (bicyclic) bond motifs is 1. The molecular formula is C13H11N3O3S. The molecule has 3 aromatic rings. The fourth-order valence-corrected chi connectivity index (χ4v) is 2.46. The molecule has 4 N–H and O–H groups in total. The SMILES string of the molecule is NS(=O)(=O)c1ccc2nc(-c3ccc(O)cc3)[nH]c2c1. The van der Waals surface area contributed by atoms with Gasteiger partial charge in [-0.3, -0.25) is 0 Å². The number of benzene rings is 2. The summed E-state index contributed by atoms with van der Waals surface area (Å²) in [6.07, 6.45) is 0. The molecule has 6 nitrogen and oxygen atoms in total. The molecule has 1 aromatic heterocycles. The monoisotopic (exact) mass is 289 g/mol. The number of imidazole rings is 1. The average Bonchev–Trinajstić information content (AvgIpc) is 2.81. The number of nitrogens with two attached hydrogens (primary N) is 1. The highest BCUT2D eigenvalue weighted by Crippen LogP contribution is 2.23. The van der Waals surface area contributed by atoms with Gasteiger partial charge in [-0.05, 0) is 42.5 Å². The molecule has 0 saturated carbocycles. The van der Waals surface area contributed by atoms with Crippen molar-refractivity contribution in [1.82, 2.24) is 9.97 Å². The van der Waals surface area contributed by atoms with Gasteiger partial charge >= 0.3 is 0 Å². The van der Waals surface area contributed by atoms with Crippen LogP contribution < -0.4 is 5.14 Å². The van der Waals surface area contributed by atoms with Gasteiger partial charge in [-0.2, -0.15) is 0 Å². The van der Waals surface area contributed by atoms with Gasteiger partial charge in [0.2, 0.25) is 10.0 Å². The Labute approximate surface area is 114 Å². The second-order valence-electron chi connectivity index (χ2n) is 4.36. The third-order valence-corrected chi connectivity index (χ3v) is 3.83. The third kappa shape index (κ3) is 2.24. The first-order valence-corrected chi connectivity index (χ1v) is 7.30. The minimum atomic E-state index is -3.74. The van der Waals surface area contributed by atoms with E-state index in [4.69, 9.17) is 5.14 Å². The Morgan fingerprint density at radius 3 is 2.45 bits per heavy atom. The maximum absolute atomic E-state index is 11.3. The molecule has 0 amide bonds. The smallest absolute Gasteiger partial charge is 0.238 e. The van der Waals surface area contributed by atoms with Crippen LogP contribution in [0.25, 0.3) is 22.4 Å². The largest absolute Gasteiger partial charge is 0.508 e. The zero-order chi connectivity index (χ0) is 14.3. The Bertz CT molecular complexity index is 883. The van der Waals surface area contributed by atoms with Crippen molar-refractivity contribution in [1.29, 1.82) is 0 Å². The second-order valence-corrected chi connectivity index (χ2v) is 5.92. The van der Waals surface area contributed by atoms with Crippen LogP contribution in [0.2, 0.25) is 0 Å². The summed E-state index contributed by atoms with van der Waals surface area (Å²) < 4.78 is 22.6. The number of aromatic hydroxyl groups is 1. The van der Waals surface area contributed by atoms with Crippen molar-refractivity contribution in [2.45, 2.75) is 4.90 Å². The molecule has 0 atom stereocenters. The van der Waals surface area contributed by atoms with Gasteiger partial charge in [-0.1, -0.05) is 0 Å². The maximum atomic E-state index is 11.3. The van der Waals surface area contributed by atoms with E-state index in [9.17, 15) is 13.5 Å². The maximum Gasteiger partial charge on any atom is 0.238 e. The molecule has 20 heavy (non-hydrogen) atoms. The molecule has 0 bridgehead atoms. The first-order valence-electron chi connectivity index (χ1n) is 5.75. The molecule has 0 radical (unpaired) electrons. The standard InChI is InChI=1S/C13H11N3O3S/c14-20(18,19)10-5-6-11-12(7-10)16-13(15-11)8-1-3-9(17)4-2-8/h1-7,17H,(H,15,16)(H2,14,18,19). The van der Waals surface area contributed by atoms with Crippen molar-refractivity contribution in [2.24, 2.45) is 5.14 Å². The lowest BCUT2D eigenvalue weighted by atomic mass is 10.2. The molecule has 0 aliphatic heterocycles. The molecule has 7 heteroatoms. The van der Waals surface area contributed by atoms with Crippen LogP contribution in [0.1, 0.15) is 0 Å². The van der Waals surface area contributed by atoms with Crippen molar-refractivity contribution in [3.8, 4) is 17.1 Å². The predicted molar refractivity (Wildman–Crippen MR) is 74.6 cm³/mol. The van der Waals surface area contributed by atoms with Crippen molar-refractivity contribution >= 4 is 21.1 Å². The van der Waals surface area contributed by atoms with Crippen LogP contribution in [0.3, 0.4) is 0 Å². The van der Waals surface area contributed by atoms with Gasteiger partial charge in [0.1, 0.15) is 11.6 Å². The zero-order valence-electron chi connectivity index (χ0n) is 10.2. The Morgan fingerprint density at radius 1 is 1.10 bits per heavy atom. The number of aromatic nitrogens is 2. The topological polar surface area (TPSA) is 109 Å². The van der Waals surface area contributed by atoms with Crippen LogP contribution in [0.15, 0.2) is 47.4 Å². The summed E-state index contributed by atoms with van der Waals surface area (Å²) in [5.41, 5.74) is 2.01. The molecule has 0 aliphatic carbocycles. The fraction of sp³-hybridized carbons (Fsp3) is 0. The first-order chi connectivity index (χ1) is 9.43. The van der Waals surface area contributed by atoms with E-state index in [1.807, 2.05) is 0 Å². The van der Waals surface area contributed by atoms with Crippen molar-refractivity contribution in [3.63, 3.8) is 0 Å². The average molecular weight is 289 g/mol. The van der Waals surface area contributed by atoms with Crippen LogP contribution in [0.4, 0.5) is 0 Å². The van der Waals surface area contributed by atoms with E-state index in [1.54, 1.807) is 30.3 Å². The van der Waals surface area contributed by atoms with Crippen molar-refractivity contribution in [3.05, 3.63) is 42.5 Å². The number of H-pyrrole nitrogens is 1. The van der Waals surface area contributed by atoms with E-state index in [-0.39, 0.29) is 10.6 Å². The molecule has 0 saturated heterocycles. The molecular weight excluding hydrogens is 278 g/mol. The van der Waals surface area contributed by atoms with Crippen LogP contribution >= 0.6 is 0 Å². The number of sulfonamides is 1. The lowest BCUT2D eigenvalue weighted by Crippen LogP contribution is -2.11.